The number of benzene rings is 1. The van der Waals surface area contributed by atoms with Crippen LogP contribution in [0.25, 0.3) is 0 Å². The van der Waals surface area contributed by atoms with Crippen molar-refractivity contribution in [3.05, 3.63) is 52.8 Å². The molecule has 0 saturated carbocycles. The number of rotatable bonds is 7. The van der Waals surface area contributed by atoms with Gasteiger partial charge in [0, 0.05) is 32.3 Å². The molecule has 0 saturated heterocycles. The molecule has 0 radical (unpaired) electrons. The van der Waals surface area contributed by atoms with Gasteiger partial charge < -0.3 is 10.0 Å². The molecule has 2 rings (SSSR count). The van der Waals surface area contributed by atoms with Crippen LogP contribution in [-0.2, 0) is 18.3 Å². The molecule has 2 unspecified atom stereocenters. The highest BCUT2D eigenvalue weighted by Gasteiger charge is 2.26. The van der Waals surface area contributed by atoms with Crippen LogP contribution < -0.4 is 0 Å². The number of nitrogens with zero attached hydrogens (tertiary/aromatic N) is 3. The molecule has 0 aliphatic rings. The molecule has 0 fully saturated rings. The van der Waals surface area contributed by atoms with Gasteiger partial charge in [0.2, 0.25) is 5.91 Å². The molecule has 0 aliphatic carbocycles. The minimum Gasteiger partial charge on any atom is -0.396 e. The van der Waals surface area contributed by atoms with E-state index in [0.717, 1.165) is 22.5 Å². The predicted octanol–water partition coefficient (Wildman–Crippen LogP) is 2.80. The Morgan fingerprint density at radius 1 is 1.28 bits per heavy atom. The summed E-state index contributed by atoms with van der Waals surface area (Å²) in [6, 6.07) is 9.78. The fraction of sp³-hybridized carbons (Fsp3) is 0.500. The topological polar surface area (TPSA) is 58.4 Å². The number of aromatic nitrogens is 2. The van der Waals surface area contributed by atoms with Crippen LogP contribution >= 0.6 is 0 Å². The Balaban J connectivity index is 2.16. The van der Waals surface area contributed by atoms with Gasteiger partial charge in [-0.15, -0.1) is 0 Å². The maximum atomic E-state index is 13.0. The van der Waals surface area contributed by atoms with Crippen LogP contribution in [0.5, 0.6) is 0 Å². The Labute approximate surface area is 150 Å². The lowest BCUT2D eigenvalue weighted by molar-refractivity contribution is -0.136. The number of hydrogen-bond acceptors (Lipinski definition) is 3. The zero-order valence-electron chi connectivity index (χ0n) is 15.9. The molecule has 1 N–H and O–H groups in total. The molecular formula is C20H29N3O2. The van der Waals surface area contributed by atoms with Crippen LogP contribution in [0.2, 0.25) is 0 Å². The Bertz CT molecular complexity index is 709. The van der Waals surface area contributed by atoms with Gasteiger partial charge in [0.05, 0.1) is 11.7 Å². The Morgan fingerprint density at radius 2 is 1.92 bits per heavy atom. The zero-order chi connectivity index (χ0) is 18.6. The maximum absolute atomic E-state index is 13.0. The quantitative estimate of drug-likeness (QED) is 0.841. The monoisotopic (exact) mass is 343 g/mol. The molecule has 136 valence electrons. The van der Waals surface area contributed by atoms with Crippen molar-refractivity contribution in [3.63, 3.8) is 0 Å². The van der Waals surface area contributed by atoms with Gasteiger partial charge in [0.15, 0.2) is 0 Å². The van der Waals surface area contributed by atoms with E-state index in [0.29, 0.717) is 12.8 Å². The molecule has 5 nitrogen and oxygen atoms in total. The van der Waals surface area contributed by atoms with Crippen molar-refractivity contribution < 1.29 is 9.90 Å². The Kier molecular flexibility index (Phi) is 6.37. The molecule has 0 bridgehead atoms. The summed E-state index contributed by atoms with van der Waals surface area (Å²) < 4.78 is 1.87. The molecule has 2 aromatic rings. The van der Waals surface area contributed by atoms with Crippen molar-refractivity contribution in [1.29, 1.82) is 0 Å². The van der Waals surface area contributed by atoms with Crippen molar-refractivity contribution in [2.75, 3.05) is 13.7 Å². The number of amides is 1. The normalized spacial score (nSPS) is 13.5. The summed E-state index contributed by atoms with van der Waals surface area (Å²) in [5.74, 6) is -0.0542. The summed E-state index contributed by atoms with van der Waals surface area (Å²) in [5, 5.41) is 13.9. The maximum Gasteiger partial charge on any atom is 0.225 e. The third-order valence-corrected chi connectivity index (χ3v) is 4.99. The first-order valence-corrected chi connectivity index (χ1v) is 8.78. The molecule has 0 spiro atoms. The highest BCUT2D eigenvalue weighted by atomic mass is 16.3. The van der Waals surface area contributed by atoms with Crippen LogP contribution in [0, 0.1) is 19.8 Å². The van der Waals surface area contributed by atoms with Crippen LogP contribution in [0.4, 0.5) is 0 Å². The molecule has 5 heteroatoms. The summed E-state index contributed by atoms with van der Waals surface area (Å²) in [5.41, 5.74) is 4.29. The summed E-state index contributed by atoms with van der Waals surface area (Å²) in [6.07, 6.45) is 1.21. The van der Waals surface area contributed by atoms with E-state index in [1.807, 2.05) is 69.9 Å². The third kappa shape index (κ3) is 4.28. The van der Waals surface area contributed by atoms with Gasteiger partial charge in [0.1, 0.15) is 0 Å². The average molecular weight is 343 g/mol. The van der Waals surface area contributed by atoms with E-state index in [2.05, 4.69) is 5.10 Å². The van der Waals surface area contributed by atoms with Gasteiger partial charge in [0.25, 0.3) is 0 Å². The standard InChI is InChI=1S/C20H29N3O2/c1-14(13-18-15(2)21-23(5)16(18)3)20(25)22(4)19(11-12-24)17-9-7-6-8-10-17/h6-10,14,19,24H,11-13H2,1-5H3. The number of aliphatic hydroxyl groups is 1. The van der Waals surface area contributed by atoms with Gasteiger partial charge in [-0.1, -0.05) is 37.3 Å². The smallest absolute Gasteiger partial charge is 0.225 e. The second-order valence-electron chi connectivity index (χ2n) is 6.77. The molecule has 25 heavy (non-hydrogen) atoms. The lowest BCUT2D eigenvalue weighted by atomic mass is 9.96. The van der Waals surface area contributed by atoms with Gasteiger partial charge in [-0.2, -0.15) is 5.10 Å². The first-order chi connectivity index (χ1) is 11.9. The van der Waals surface area contributed by atoms with E-state index in [1.54, 1.807) is 4.90 Å². The fourth-order valence-corrected chi connectivity index (χ4v) is 3.39. The largest absolute Gasteiger partial charge is 0.396 e. The molecule has 1 aromatic carbocycles. The lowest BCUT2D eigenvalue weighted by Crippen LogP contribution is -2.36. The second-order valence-corrected chi connectivity index (χ2v) is 6.77. The van der Waals surface area contributed by atoms with Crippen molar-refractivity contribution in [3.8, 4) is 0 Å². The van der Waals surface area contributed by atoms with Crippen molar-refractivity contribution >= 4 is 5.91 Å². The third-order valence-electron chi connectivity index (χ3n) is 4.99. The van der Waals surface area contributed by atoms with E-state index in [1.165, 1.54) is 0 Å². The minimum atomic E-state index is -0.142. The summed E-state index contributed by atoms with van der Waals surface area (Å²) in [4.78, 5) is 14.8. The summed E-state index contributed by atoms with van der Waals surface area (Å²) in [6.45, 7) is 6.04. The number of carbonyl (C=O) groups excluding carboxylic acids is 1. The first-order valence-electron chi connectivity index (χ1n) is 8.78. The van der Waals surface area contributed by atoms with E-state index >= 15 is 0 Å². The predicted molar refractivity (Wildman–Crippen MR) is 99.2 cm³/mol. The van der Waals surface area contributed by atoms with E-state index in [9.17, 15) is 9.90 Å². The molecule has 0 aliphatic heterocycles. The van der Waals surface area contributed by atoms with E-state index in [4.69, 9.17) is 0 Å². The summed E-state index contributed by atoms with van der Waals surface area (Å²) >= 11 is 0. The SMILES string of the molecule is Cc1nn(C)c(C)c1CC(C)C(=O)N(C)C(CCO)c1ccccc1. The van der Waals surface area contributed by atoms with Gasteiger partial charge in [-0.3, -0.25) is 9.48 Å². The van der Waals surface area contributed by atoms with Crippen LogP contribution in [0.1, 0.15) is 41.9 Å². The molecule has 1 amide bonds. The fourth-order valence-electron chi connectivity index (χ4n) is 3.39. The van der Waals surface area contributed by atoms with Crippen molar-refractivity contribution in [1.82, 2.24) is 14.7 Å². The lowest BCUT2D eigenvalue weighted by Gasteiger charge is -2.30. The highest BCUT2D eigenvalue weighted by molar-refractivity contribution is 5.79. The van der Waals surface area contributed by atoms with Gasteiger partial charge in [-0.05, 0) is 37.8 Å². The number of aliphatic hydroxyl groups excluding tert-OH is 1. The number of aryl methyl sites for hydroxylation is 2. The van der Waals surface area contributed by atoms with Crippen LogP contribution in [-0.4, -0.2) is 39.3 Å². The molecule has 2 atom stereocenters. The van der Waals surface area contributed by atoms with Crippen LogP contribution in [0.3, 0.4) is 0 Å². The number of hydrogen-bond donors (Lipinski definition) is 1. The molecule has 1 heterocycles. The molecule has 1 aromatic heterocycles. The van der Waals surface area contributed by atoms with Crippen molar-refractivity contribution in [2.24, 2.45) is 13.0 Å². The van der Waals surface area contributed by atoms with Crippen molar-refractivity contribution in [2.45, 2.75) is 39.7 Å². The average Bonchev–Trinajstić information content (AvgIpc) is 2.85. The van der Waals surface area contributed by atoms with Crippen LogP contribution in [0.15, 0.2) is 30.3 Å². The molecular weight excluding hydrogens is 314 g/mol. The zero-order valence-corrected chi connectivity index (χ0v) is 15.9. The second kappa shape index (κ2) is 8.30. The van der Waals surface area contributed by atoms with Gasteiger partial charge in [-0.25, -0.2) is 0 Å². The Morgan fingerprint density at radius 3 is 2.44 bits per heavy atom. The van der Waals surface area contributed by atoms with Gasteiger partial charge >= 0.3 is 0 Å². The first kappa shape index (κ1) is 19.2. The number of carbonyl (C=O) groups is 1. The Hall–Kier alpha value is -2.14. The van der Waals surface area contributed by atoms with E-state index < -0.39 is 0 Å². The van der Waals surface area contributed by atoms with E-state index in [-0.39, 0.29) is 24.5 Å². The summed E-state index contributed by atoms with van der Waals surface area (Å²) in [7, 11) is 3.76. The minimum absolute atomic E-state index is 0.0480. The highest BCUT2D eigenvalue weighted by Crippen LogP contribution is 2.26.